The molecule has 1 aliphatic carbocycles. The van der Waals surface area contributed by atoms with Gasteiger partial charge < -0.3 is 15.4 Å². The molecule has 6 rings (SSSR count). The molecule has 7 heteroatoms. The molecule has 1 fully saturated rings. The van der Waals surface area contributed by atoms with Gasteiger partial charge in [-0.25, -0.2) is 4.79 Å². The highest BCUT2D eigenvalue weighted by molar-refractivity contribution is 6.34. The number of nitrogens with one attached hydrogen (secondary N) is 2. The first-order valence-corrected chi connectivity index (χ1v) is 13.2. The van der Waals surface area contributed by atoms with Gasteiger partial charge in [0.2, 0.25) is 0 Å². The van der Waals surface area contributed by atoms with Gasteiger partial charge in [0.25, 0.3) is 5.91 Å². The van der Waals surface area contributed by atoms with Crippen LogP contribution in [0.4, 0.5) is 5.69 Å². The van der Waals surface area contributed by atoms with Crippen molar-refractivity contribution in [2.75, 3.05) is 25.1 Å². The maximum absolute atomic E-state index is 14.3. The second-order valence-corrected chi connectivity index (χ2v) is 10.0. The van der Waals surface area contributed by atoms with Gasteiger partial charge in [0.05, 0.1) is 23.4 Å². The molecule has 3 aliphatic rings. The van der Waals surface area contributed by atoms with Gasteiger partial charge in [0.15, 0.2) is 11.4 Å². The lowest BCUT2D eigenvalue weighted by molar-refractivity contribution is -0.779. The van der Waals surface area contributed by atoms with Crippen molar-refractivity contribution in [2.45, 2.75) is 6.42 Å². The van der Waals surface area contributed by atoms with Gasteiger partial charge in [-0.3, -0.25) is 4.79 Å². The molecular formula is C32H27ClN3O3+. The predicted octanol–water partition coefficient (Wildman–Crippen LogP) is 6.42. The van der Waals surface area contributed by atoms with Gasteiger partial charge in [-0.2, -0.15) is 4.48 Å². The van der Waals surface area contributed by atoms with E-state index >= 15 is 0 Å². The molecule has 3 aromatic rings. The third kappa shape index (κ3) is 4.53. The number of ether oxygens (including phenoxy) is 1. The molecule has 0 unspecified atom stereocenters. The van der Waals surface area contributed by atoms with E-state index in [1.165, 1.54) is 0 Å². The first-order valence-electron chi connectivity index (χ1n) is 12.9. The van der Waals surface area contributed by atoms with Crippen LogP contribution in [-0.4, -0.2) is 36.1 Å². The molecule has 0 saturated carbocycles. The molecule has 0 aromatic heterocycles. The van der Waals surface area contributed by atoms with Crippen LogP contribution >= 0.6 is 11.6 Å². The molecule has 0 bridgehead atoms. The van der Waals surface area contributed by atoms with Crippen molar-refractivity contribution in [2.24, 2.45) is 0 Å². The summed E-state index contributed by atoms with van der Waals surface area (Å²) in [6.07, 6.45) is 10.6. The number of quaternary nitrogens is 1. The second-order valence-electron chi connectivity index (χ2n) is 9.61. The van der Waals surface area contributed by atoms with E-state index in [4.69, 9.17) is 16.3 Å². The van der Waals surface area contributed by atoms with Crippen LogP contribution in [0.15, 0.2) is 120 Å². The molecule has 2 amide bonds. The highest BCUT2D eigenvalue weighted by atomic mass is 35.5. The summed E-state index contributed by atoms with van der Waals surface area (Å²) in [4.78, 5) is 27.6. The van der Waals surface area contributed by atoms with E-state index in [1.807, 2.05) is 73.1 Å². The Labute approximate surface area is 232 Å². The molecule has 0 radical (unpaired) electrons. The molecule has 194 valence electrons. The van der Waals surface area contributed by atoms with E-state index in [-0.39, 0.29) is 21.3 Å². The Balaban J connectivity index is 1.31. The van der Waals surface area contributed by atoms with Gasteiger partial charge in [-0.05, 0) is 41.8 Å². The van der Waals surface area contributed by atoms with E-state index in [9.17, 15) is 9.59 Å². The molecule has 3 aromatic carbocycles. The number of amides is 2. The summed E-state index contributed by atoms with van der Waals surface area (Å²) < 4.78 is 5.76. The molecule has 1 saturated heterocycles. The van der Waals surface area contributed by atoms with E-state index in [0.29, 0.717) is 36.6 Å². The zero-order valence-corrected chi connectivity index (χ0v) is 21.9. The van der Waals surface area contributed by atoms with Crippen LogP contribution in [-0.2, 0) is 4.74 Å². The summed E-state index contributed by atoms with van der Waals surface area (Å²) >= 11 is 6.75. The minimum absolute atomic E-state index is 0.0268. The number of anilines is 1. The lowest BCUT2D eigenvalue weighted by Gasteiger charge is -2.41. The highest BCUT2D eigenvalue weighted by Crippen LogP contribution is 2.40. The monoisotopic (exact) mass is 536 g/mol. The van der Waals surface area contributed by atoms with Crippen molar-refractivity contribution >= 4 is 29.1 Å². The zero-order chi connectivity index (χ0) is 26.8. The maximum atomic E-state index is 14.3. The lowest BCUT2D eigenvalue weighted by atomic mass is 9.98. The number of allylic oxidation sites excluding steroid dienone is 4. The maximum Gasteiger partial charge on any atom is 0.357 e. The fourth-order valence-corrected chi connectivity index (χ4v) is 5.69. The summed E-state index contributed by atoms with van der Waals surface area (Å²) in [5.41, 5.74) is 6.05. The SMILES string of the molecule is O=C(Nc1ccc(C(=O)[N@+]23CCOCC2=CNC=C2CC=CC=C23)c(Cl)c1)c1ccccc1-c1ccccc1. The topological polar surface area (TPSA) is 67.4 Å². The average Bonchev–Trinajstić information content (AvgIpc) is 3.15. The number of hydrogen-bond acceptors (Lipinski definition) is 4. The van der Waals surface area contributed by atoms with Crippen LogP contribution in [0.1, 0.15) is 27.1 Å². The summed E-state index contributed by atoms with van der Waals surface area (Å²) in [6, 6.07) is 22.3. The van der Waals surface area contributed by atoms with Gasteiger partial charge in [-0.1, -0.05) is 72.3 Å². The van der Waals surface area contributed by atoms with Crippen LogP contribution in [0.5, 0.6) is 0 Å². The van der Waals surface area contributed by atoms with Crippen LogP contribution in [0, 0.1) is 0 Å². The summed E-state index contributed by atoms with van der Waals surface area (Å²) in [7, 11) is 0. The Kier molecular flexibility index (Phi) is 6.75. The molecule has 39 heavy (non-hydrogen) atoms. The Bertz CT molecular complexity index is 1590. The zero-order valence-electron chi connectivity index (χ0n) is 21.2. The molecule has 2 N–H and O–H groups in total. The smallest absolute Gasteiger partial charge is 0.357 e. The minimum atomic E-state index is -0.252. The fraction of sp³-hybridized carbons (Fsp3) is 0.125. The number of fused-ring (bicyclic) bond motifs is 3. The molecule has 2 aliphatic heterocycles. The third-order valence-electron chi connectivity index (χ3n) is 7.35. The molecule has 2 heterocycles. The minimum Gasteiger partial charge on any atom is -0.365 e. The molecule has 6 nitrogen and oxygen atoms in total. The first kappa shape index (κ1) is 25.1. The second kappa shape index (κ2) is 10.5. The number of hydrogen-bond donors (Lipinski definition) is 2. The molecular weight excluding hydrogens is 510 g/mol. The van der Waals surface area contributed by atoms with Gasteiger partial charge in [0, 0.05) is 29.1 Å². The van der Waals surface area contributed by atoms with Crippen LogP contribution in [0.25, 0.3) is 11.1 Å². The number of morpholine rings is 1. The van der Waals surface area contributed by atoms with Crippen LogP contribution < -0.4 is 10.6 Å². The average molecular weight is 537 g/mol. The van der Waals surface area contributed by atoms with Gasteiger partial charge >= 0.3 is 5.91 Å². The molecule has 1 atom stereocenters. The largest absolute Gasteiger partial charge is 0.365 e. The Morgan fingerprint density at radius 3 is 2.62 bits per heavy atom. The van der Waals surface area contributed by atoms with Crippen LogP contribution in [0.3, 0.4) is 0 Å². The standard InChI is InChI=1S/C32H26ClN3O3/c33-29-18-24(35-31(37)27-12-6-5-11-26(27)22-8-2-1-3-9-22)14-15-28(29)32(38)36-16-17-39-21-25(36)20-34-19-23-10-4-7-13-30(23)36/h1-9,11-15,18-20,34H,10,16-17,21H2/p+1/t36-/m1/s1. The fourth-order valence-electron chi connectivity index (χ4n) is 5.43. The quantitative estimate of drug-likeness (QED) is 0.378. The van der Waals surface area contributed by atoms with E-state index in [0.717, 1.165) is 34.5 Å². The third-order valence-corrected chi connectivity index (χ3v) is 7.66. The Morgan fingerprint density at radius 2 is 1.77 bits per heavy atom. The van der Waals surface area contributed by atoms with Crippen molar-refractivity contribution in [1.82, 2.24) is 5.32 Å². The number of nitrogens with zero attached hydrogens (tertiary/aromatic N) is 1. The normalized spacial score (nSPS) is 19.8. The Hall–Kier alpha value is -4.23. The molecule has 0 spiro atoms. The van der Waals surface area contributed by atoms with Crippen molar-refractivity contribution in [1.29, 1.82) is 0 Å². The van der Waals surface area contributed by atoms with Crippen molar-refractivity contribution in [3.8, 4) is 11.1 Å². The number of benzene rings is 3. The lowest BCUT2D eigenvalue weighted by Crippen LogP contribution is -2.56. The number of carbonyl (C=O) groups is 2. The summed E-state index contributed by atoms with van der Waals surface area (Å²) in [5, 5.41) is 6.46. The van der Waals surface area contributed by atoms with E-state index in [2.05, 4.69) is 16.7 Å². The van der Waals surface area contributed by atoms with Crippen molar-refractivity contribution < 1.29 is 18.8 Å². The summed E-state index contributed by atoms with van der Waals surface area (Å²) in [5.74, 6) is -0.379. The van der Waals surface area contributed by atoms with Crippen molar-refractivity contribution in [3.63, 3.8) is 0 Å². The van der Waals surface area contributed by atoms with E-state index < -0.39 is 0 Å². The van der Waals surface area contributed by atoms with Crippen LogP contribution in [0.2, 0.25) is 5.02 Å². The summed E-state index contributed by atoms with van der Waals surface area (Å²) in [6.45, 7) is 1.26. The first-order chi connectivity index (χ1) is 19.1. The number of carbonyl (C=O) groups excluding carboxylic acids is 2. The Morgan fingerprint density at radius 1 is 0.949 bits per heavy atom. The van der Waals surface area contributed by atoms with Gasteiger partial charge in [0.1, 0.15) is 13.2 Å². The number of halogens is 1. The predicted molar refractivity (Wildman–Crippen MR) is 153 cm³/mol. The van der Waals surface area contributed by atoms with E-state index in [1.54, 1.807) is 24.3 Å². The highest BCUT2D eigenvalue weighted by Gasteiger charge is 2.50. The van der Waals surface area contributed by atoms with Crippen molar-refractivity contribution in [3.05, 3.63) is 137 Å². The number of rotatable bonds is 4. The van der Waals surface area contributed by atoms with Gasteiger partial charge in [-0.15, -0.1) is 0 Å².